The molecular weight excluding hydrogens is 452 g/mol. The summed E-state index contributed by atoms with van der Waals surface area (Å²) in [6, 6.07) is 16.1. The second kappa shape index (κ2) is 9.33. The van der Waals surface area contributed by atoms with Crippen molar-refractivity contribution in [3.8, 4) is 11.1 Å². The molecule has 0 aromatic heterocycles. The Morgan fingerprint density at radius 2 is 1.71 bits per heavy atom. The molecule has 2 N–H and O–H groups in total. The first-order valence-corrected chi connectivity index (χ1v) is 12.8. The molecule has 1 saturated heterocycles. The molecule has 34 heavy (non-hydrogen) atoms. The third-order valence-corrected chi connectivity index (χ3v) is 8.21. The Balaban J connectivity index is 1.19. The van der Waals surface area contributed by atoms with Crippen molar-refractivity contribution in [2.24, 2.45) is 5.41 Å². The molecule has 0 spiro atoms. The Morgan fingerprint density at radius 3 is 2.32 bits per heavy atom. The van der Waals surface area contributed by atoms with Crippen molar-refractivity contribution in [2.45, 2.75) is 31.2 Å². The monoisotopic (exact) mass is 480 g/mol. The van der Waals surface area contributed by atoms with Crippen LogP contribution in [0.4, 0.5) is 4.79 Å². The van der Waals surface area contributed by atoms with Gasteiger partial charge in [-0.1, -0.05) is 48.5 Å². The minimum Gasteiger partial charge on any atom is -0.481 e. The van der Waals surface area contributed by atoms with Crippen LogP contribution in [0.25, 0.3) is 11.1 Å². The maximum atomic E-state index is 13.3. The molecule has 0 bridgehead atoms. The average molecular weight is 481 g/mol. The zero-order valence-corrected chi connectivity index (χ0v) is 19.7. The molecular formula is C26H28N2O5S. The van der Waals surface area contributed by atoms with E-state index < -0.39 is 17.5 Å². The lowest BCUT2D eigenvalue weighted by molar-refractivity contribution is -0.142. The molecule has 2 aliphatic carbocycles. The van der Waals surface area contributed by atoms with E-state index in [1.807, 2.05) is 24.3 Å². The summed E-state index contributed by atoms with van der Waals surface area (Å²) in [5.74, 6) is 0.480. The van der Waals surface area contributed by atoms with Gasteiger partial charge in [0.25, 0.3) is 0 Å². The van der Waals surface area contributed by atoms with E-state index in [2.05, 4.69) is 29.6 Å². The molecule has 1 saturated carbocycles. The number of aliphatic carboxylic acids is 1. The minimum atomic E-state index is -0.896. The molecule has 1 aliphatic heterocycles. The Hall–Kier alpha value is -3.00. The SMILES string of the molecule is O=C(O)CC1CSCCN1C(=O)C1(CNC(=O)OCC2c3ccccc3-c3ccccc32)CC1. The van der Waals surface area contributed by atoms with Gasteiger partial charge in [-0.2, -0.15) is 11.8 Å². The predicted molar refractivity (Wildman–Crippen MR) is 130 cm³/mol. The van der Waals surface area contributed by atoms with Crippen molar-refractivity contribution < 1.29 is 24.2 Å². The van der Waals surface area contributed by atoms with Gasteiger partial charge in [-0.3, -0.25) is 9.59 Å². The van der Waals surface area contributed by atoms with E-state index in [4.69, 9.17) is 4.74 Å². The molecule has 2 aromatic carbocycles. The fourth-order valence-electron chi connectivity index (χ4n) is 5.11. The third kappa shape index (κ3) is 4.39. The Labute approximate surface area is 202 Å². The number of amides is 2. The van der Waals surface area contributed by atoms with Crippen LogP contribution >= 0.6 is 11.8 Å². The first-order chi connectivity index (χ1) is 16.5. The van der Waals surface area contributed by atoms with Gasteiger partial charge in [-0.15, -0.1) is 0 Å². The van der Waals surface area contributed by atoms with Gasteiger partial charge in [0.05, 0.1) is 17.9 Å². The quantitative estimate of drug-likeness (QED) is 0.627. The summed E-state index contributed by atoms with van der Waals surface area (Å²) in [6.45, 7) is 0.991. The summed E-state index contributed by atoms with van der Waals surface area (Å²) in [4.78, 5) is 38.8. The number of nitrogens with one attached hydrogen (secondary N) is 1. The second-order valence-electron chi connectivity index (χ2n) is 9.28. The molecule has 2 aromatic rings. The van der Waals surface area contributed by atoms with Crippen LogP contribution in [-0.4, -0.2) is 65.2 Å². The van der Waals surface area contributed by atoms with Crippen LogP contribution < -0.4 is 5.32 Å². The summed E-state index contributed by atoms with van der Waals surface area (Å²) in [5, 5.41) is 12.0. The van der Waals surface area contributed by atoms with Gasteiger partial charge in [0.15, 0.2) is 0 Å². The highest BCUT2D eigenvalue weighted by atomic mass is 32.2. The molecule has 7 nitrogen and oxygen atoms in total. The largest absolute Gasteiger partial charge is 0.481 e. The van der Waals surface area contributed by atoms with Crippen LogP contribution in [0.5, 0.6) is 0 Å². The van der Waals surface area contributed by atoms with E-state index >= 15 is 0 Å². The van der Waals surface area contributed by atoms with Crippen molar-refractivity contribution in [1.82, 2.24) is 10.2 Å². The summed E-state index contributed by atoms with van der Waals surface area (Å²) in [6.07, 6.45) is 0.809. The standard InChI is InChI=1S/C26H28N2O5S/c29-23(30)13-17-15-34-12-11-28(17)24(31)26(9-10-26)16-27-25(32)33-14-22-20-7-3-1-5-18(20)19-6-2-4-8-21(19)22/h1-8,17,22H,9-16H2,(H,27,32)(H,29,30). The van der Waals surface area contributed by atoms with Crippen LogP contribution in [0.2, 0.25) is 0 Å². The first-order valence-electron chi connectivity index (χ1n) is 11.7. The fraction of sp³-hybridized carbons (Fsp3) is 0.423. The van der Waals surface area contributed by atoms with Gasteiger partial charge in [-0.05, 0) is 35.1 Å². The number of nitrogens with zero attached hydrogens (tertiary/aromatic N) is 1. The molecule has 2 amide bonds. The molecule has 0 radical (unpaired) electrons. The van der Waals surface area contributed by atoms with E-state index in [0.29, 0.717) is 25.1 Å². The van der Waals surface area contributed by atoms with E-state index in [9.17, 15) is 19.5 Å². The molecule has 8 heteroatoms. The van der Waals surface area contributed by atoms with Gasteiger partial charge in [-0.25, -0.2) is 4.79 Å². The fourth-order valence-corrected chi connectivity index (χ4v) is 6.17. The Kier molecular flexibility index (Phi) is 6.25. The number of fused-ring (bicyclic) bond motifs is 3. The van der Waals surface area contributed by atoms with Crippen LogP contribution in [0.1, 0.15) is 36.3 Å². The zero-order valence-electron chi connectivity index (χ0n) is 18.9. The smallest absolute Gasteiger partial charge is 0.407 e. The number of carboxylic acid groups (broad SMARTS) is 1. The van der Waals surface area contributed by atoms with Gasteiger partial charge in [0.2, 0.25) is 5.91 Å². The average Bonchev–Trinajstić information content (AvgIpc) is 3.58. The van der Waals surface area contributed by atoms with Crippen molar-refractivity contribution >= 4 is 29.7 Å². The summed E-state index contributed by atoms with van der Waals surface area (Å²) in [5.41, 5.74) is 4.01. The lowest BCUT2D eigenvalue weighted by Gasteiger charge is -2.37. The number of thioether (sulfide) groups is 1. The highest BCUT2D eigenvalue weighted by Crippen LogP contribution is 2.48. The summed E-state index contributed by atoms with van der Waals surface area (Å²) in [7, 11) is 0. The van der Waals surface area contributed by atoms with Gasteiger partial charge < -0.3 is 20.1 Å². The highest BCUT2D eigenvalue weighted by Gasteiger charge is 2.53. The van der Waals surface area contributed by atoms with Gasteiger partial charge in [0, 0.05) is 30.5 Å². The molecule has 2 fully saturated rings. The lowest BCUT2D eigenvalue weighted by atomic mass is 9.98. The Bertz CT molecular complexity index is 1070. The van der Waals surface area contributed by atoms with Gasteiger partial charge in [0.1, 0.15) is 6.61 Å². The highest BCUT2D eigenvalue weighted by molar-refractivity contribution is 7.99. The van der Waals surface area contributed by atoms with Crippen molar-refractivity contribution in [3.63, 3.8) is 0 Å². The molecule has 178 valence electrons. The topological polar surface area (TPSA) is 95.9 Å². The maximum Gasteiger partial charge on any atom is 0.407 e. The van der Waals surface area contributed by atoms with E-state index in [0.717, 1.165) is 16.9 Å². The zero-order chi connectivity index (χ0) is 23.7. The number of alkyl carbamates (subject to hydrolysis) is 1. The van der Waals surface area contributed by atoms with Crippen LogP contribution in [0.3, 0.4) is 0 Å². The van der Waals surface area contributed by atoms with Crippen LogP contribution in [-0.2, 0) is 14.3 Å². The number of carbonyl (C=O) groups is 3. The summed E-state index contributed by atoms with van der Waals surface area (Å²) >= 11 is 1.68. The maximum absolute atomic E-state index is 13.3. The number of carboxylic acids is 1. The molecule has 1 atom stereocenters. The third-order valence-electron chi connectivity index (χ3n) is 7.12. The van der Waals surface area contributed by atoms with Gasteiger partial charge >= 0.3 is 12.1 Å². The summed E-state index contributed by atoms with van der Waals surface area (Å²) < 4.78 is 5.61. The van der Waals surface area contributed by atoms with Crippen molar-refractivity contribution in [2.75, 3.05) is 31.2 Å². The number of rotatable bonds is 7. The number of carbonyl (C=O) groups excluding carboxylic acids is 2. The molecule has 3 aliphatic rings. The normalized spacial score (nSPS) is 20.2. The van der Waals surface area contributed by atoms with Crippen LogP contribution in [0, 0.1) is 5.41 Å². The number of benzene rings is 2. The molecule has 1 unspecified atom stereocenters. The lowest BCUT2D eigenvalue weighted by Crippen LogP contribution is -2.52. The van der Waals surface area contributed by atoms with Crippen molar-refractivity contribution in [1.29, 1.82) is 0 Å². The molecule has 5 rings (SSSR count). The van der Waals surface area contributed by atoms with E-state index in [1.165, 1.54) is 11.1 Å². The number of ether oxygens (including phenoxy) is 1. The Morgan fingerprint density at radius 1 is 1.06 bits per heavy atom. The number of hydrogen-bond acceptors (Lipinski definition) is 5. The first kappa shape index (κ1) is 22.8. The van der Waals surface area contributed by atoms with E-state index in [1.54, 1.807) is 16.7 Å². The van der Waals surface area contributed by atoms with Crippen LogP contribution in [0.15, 0.2) is 48.5 Å². The second-order valence-corrected chi connectivity index (χ2v) is 10.4. The number of hydrogen-bond donors (Lipinski definition) is 2. The van der Waals surface area contributed by atoms with E-state index in [-0.39, 0.29) is 37.4 Å². The predicted octanol–water partition coefficient (Wildman–Crippen LogP) is 3.72. The van der Waals surface area contributed by atoms with Crippen molar-refractivity contribution in [3.05, 3.63) is 59.7 Å². The minimum absolute atomic E-state index is 0.0164. The molecule has 1 heterocycles.